The van der Waals surface area contributed by atoms with E-state index in [1.54, 1.807) is 30.0 Å². The van der Waals surface area contributed by atoms with E-state index < -0.39 is 11.8 Å². The summed E-state index contributed by atoms with van der Waals surface area (Å²) in [5.74, 6) is -0.217. The number of amides is 2. The number of carbonyl (C=O) groups is 2. The van der Waals surface area contributed by atoms with Gasteiger partial charge in [0.1, 0.15) is 6.04 Å². The molecule has 2 fully saturated rings. The topological polar surface area (TPSA) is 75.8 Å². The Hall–Kier alpha value is -2.57. The van der Waals surface area contributed by atoms with E-state index in [1.165, 1.54) is 4.57 Å². The average molecular weight is 343 g/mol. The highest BCUT2D eigenvalue weighted by Crippen LogP contribution is 2.31. The molecule has 2 amide bonds. The second-order valence-electron chi connectivity index (χ2n) is 6.81. The quantitative estimate of drug-likeness (QED) is 0.840. The van der Waals surface area contributed by atoms with E-state index in [-0.39, 0.29) is 17.7 Å². The van der Waals surface area contributed by atoms with Crippen molar-refractivity contribution in [2.24, 2.45) is 5.92 Å². The second-order valence-corrected chi connectivity index (χ2v) is 6.81. The molecule has 1 aromatic heterocycles. The van der Waals surface area contributed by atoms with E-state index in [0.717, 1.165) is 12.8 Å². The lowest BCUT2D eigenvalue weighted by Crippen LogP contribution is -2.52. The summed E-state index contributed by atoms with van der Waals surface area (Å²) in [6.07, 6.45) is 1.98. The zero-order valence-corrected chi connectivity index (χ0v) is 14.2. The Kier molecular flexibility index (Phi) is 3.86. The van der Waals surface area contributed by atoms with Crippen LogP contribution < -0.4 is 5.76 Å². The highest BCUT2D eigenvalue weighted by Gasteiger charge is 2.36. The summed E-state index contributed by atoms with van der Waals surface area (Å²) in [6, 6.07) is 6.45. The molecule has 1 aliphatic heterocycles. The minimum Gasteiger partial charge on any atom is -0.408 e. The van der Waals surface area contributed by atoms with Gasteiger partial charge in [-0.1, -0.05) is 12.1 Å². The smallest absolute Gasteiger partial charge is 0.408 e. The van der Waals surface area contributed by atoms with Gasteiger partial charge >= 0.3 is 5.76 Å². The van der Waals surface area contributed by atoms with Crippen LogP contribution in [0.5, 0.6) is 0 Å². The Morgan fingerprint density at radius 3 is 2.40 bits per heavy atom. The van der Waals surface area contributed by atoms with E-state index in [1.807, 2.05) is 11.0 Å². The molecule has 7 nitrogen and oxygen atoms in total. The van der Waals surface area contributed by atoms with Crippen molar-refractivity contribution in [1.82, 2.24) is 14.4 Å². The highest BCUT2D eigenvalue weighted by atomic mass is 16.4. The number of fused-ring (bicyclic) bond motifs is 1. The van der Waals surface area contributed by atoms with E-state index in [0.29, 0.717) is 37.3 Å². The summed E-state index contributed by atoms with van der Waals surface area (Å²) in [5.41, 5.74) is 1.10. The Morgan fingerprint density at radius 1 is 1.08 bits per heavy atom. The van der Waals surface area contributed by atoms with Gasteiger partial charge in [0.15, 0.2) is 5.58 Å². The molecule has 2 aromatic rings. The molecule has 1 unspecified atom stereocenters. The fourth-order valence-corrected chi connectivity index (χ4v) is 3.46. The third kappa shape index (κ3) is 2.83. The summed E-state index contributed by atoms with van der Waals surface area (Å²) in [6.45, 7) is 3.86. The van der Waals surface area contributed by atoms with Gasteiger partial charge in [0.25, 0.3) is 0 Å². The number of carbonyl (C=O) groups excluding carboxylic acids is 2. The fourth-order valence-electron chi connectivity index (χ4n) is 3.46. The number of nitrogens with zero attached hydrogens (tertiary/aromatic N) is 3. The summed E-state index contributed by atoms with van der Waals surface area (Å²) in [5, 5.41) is 0. The molecule has 132 valence electrons. The normalized spacial score (nSPS) is 19.2. The van der Waals surface area contributed by atoms with Gasteiger partial charge in [0.05, 0.1) is 5.52 Å². The van der Waals surface area contributed by atoms with Crippen molar-refractivity contribution in [3.05, 3.63) is 34.8 Å². The molecule has 2 aliphatic rings. The predicted octanol–water partition coefficient (Wildman–Crippen LogP) is 1.24. The average Bonchev–Trinajstić information content (AvgIpc) is 3.42. The molecule has 4 rings (SSSR count). The van der Waals surface area contributed by atoms with E-state index in [2.05, 4.69) is 0 Å². The molecule has 1 aromatic carbocycles. The maximum atomic E-state index is 12.8. The molecule has 1 saturated carbocycles. The third-order valence-electron chi connectivity index (χ3n) is 5.09. The van der Waals surface area contributed by atoms with Gasteiger partial charge in [0.2, 0.25) is 11.8 Å². The first-order valence-electron chi connectivity index (χ1n) is 8.74. The minimum absolute atomic E-state index is 0.118. The van der Waals surface area contributed by atoms with Crippen molar-refractivity contribution in [1.29, 1.82) is 0 Å². The molecule has 7 heteroatoms. The zero-order valence-electron chi connectivity index (χ0n) is 14.2. The van der Waals surface area contributed by atoms with Crippen molar-refractivity contribution < 1.29 is 14.0 Å². The van der Waals surface area contributed by atoms with Crippen molar-refractivity contribution in [2.45, 2.75) is 25.8 Å². The van der Waals surface area contributed by atoms with Crippen molar-refractivity contribution >= 4 is 22.9 Å². The molecule has 1 aliphatic carbocycles. The van der Waals surface area contributed by atoms with Crippen LogP contribution in [-0.2, 0) is 9.59 Å². The van der Waals surface area contributed by atoms with E-state index in [4.69, 9.17) is 4.42 Å². The first-order chi connectivity index (χ1) is 12.1. The maximum absolute atomic E-state index is 12.8. The molecular formula is C18H21N3O4. The Bertz CT molecular complexity index is 872. The summed E-state index contributed by atoms with van der Waals surface area (Å²) in [7, 11) is 0. The van der Waals surface area contributed by atoms with Crippen LogP contribution in [0.2, 0.25) is 0 Å². The number of hydrogen-bond acceptors (Lipinski definition) is 4. The van der Waals surface area contributed by atoms with Gasteiger partial charge in [-0.3, -0.25) is 14.2 Å². The molecule has 0 bridgehead atoms. The minimum atomic E-state index is -0.637. The number of rotatable bonds is 3. The van der Waals surface area contributed by atoms with Crippen LogP contribution in [-0.4, -0.2) is 52.4 Å². The van der Waals surface area contributed by atoms with Crippen molar-refractivity contribution in [2.75, 3.05) is 26.2 Å². The van der Waals surface area contributed by atoms with Crippen molar-refractivity contribution in [3.8, 4) is 0 Å². The zero-order chi connectivity index (χ0) is 17.6. The lowest BCUT2D eigenvalue weighted by molar-refractivity contribution is -0.142. The van der Waals surface area contributed by atoms with E-state index in [9.17, 15) is 14.4 Å². The molecule has 0 N–H and O–H groups in total. The fraction of sp³-hybridized carbons (Fsp3) is 0.500. The van der Waals surface area contributed by atoms with Crippen LogP contribution in [0.1, 0.15) is 25.8 Å². The molecule has 1 saturated heterocycles. The van der Waals surface area contributed by atoms with Crippen LogP contribution in [0.15, 0.2) is 33.5 Å². The standard InChI is InChI=1S/C18H21N3O4/c1-12(21-14-4-2-3-5-15(14)25-18(21)24)16(22)19-8-10-20(11-9-19)17(23)13-6-7-13/h2-5,12-13H,6-11H2,1H3. The van der Waals surface area contributed by atoms with Crippen LogP contribution in [0.3, 0.4) is 0 Å². The molecule has 1 atom stereocenters. The summed E-state index contributed by atoms with van der Waals surface area (Å²) in [4.78, 5) is 40.7. The van der Waals surface area contributed by atoms with Gasteiger partial charge in [0, 0.05) is 32.1 Å². The maximum Gasteiger partial charge on any atom is 0.420 e. The molecular weight excluding hydrogens is 322 g/mol. The van der Waals surface area contributed by atoms with Gasteiger partial charge in [-0.2, -0.15) is 0 Å². The summed E-state index contributed by atoms with van der Waals surface area (Å²) >= 11 is 0. The van der Waals surface area contributed by atoms with Crippen LogP contribution in [0.4, 0.5) is 0 Å². The van der Waals surface area contributed by atoms with Gasteiger partial charge in [-0.05, 0) is 31.9 Å². The molecule has 0 spiro atoms. The predicted molar refractivity (Wildman–Crippen MR) is 91.1 cm³/mol. The van der Waals surface area contributed by atoms with Crippen LogP contribution >= 0.6 is 0 Å². The molecule has 25 heavy (non-hydrogen) atoms. The number of benzene rings is 1. The highest BCUT2D eigenvalue weighted by molar-refractivity contribution is 5.84. The summed E-state index contributed by atoms with van der Waals surface area (Å²) < 4.78 is 6.63. The van der Waals surface area contributed by atoms with Crippen LogP contribution in [0, 0.1) is 5.92 Å². The number of aromatic nitrogens is 1. The van der Waals surface area contributed by atoms with Crippen LogP contribution in [0.25, 0.3) is 11.1 Å². The third-order valence-corrected chi connectivity index (χ3v) is 5.09. The molecule has 0 radical (unpaired) electrons. The molecule has 2 heterocycles. The van der Waals surface area contributed by atoms with Gasteiger partial charge in [-0.25, -0.2) is 4.79 Å². The van der Waals surface area contributed by atoms with E-state index >= 15 is 0 Å². The Balaban J connectivity index is 1.48. The number of piperazine rings is 1. The van der Waals surface area contributed by atoms with Gasteiger partial charge in [-0.15, -0.1) is 0 Å². The first-order valence-corrected chi connectivity index (χ1v) is 8.74. The lowest BCUT2D eigenvalue weighted by Gasteiger charge is -2.36. The Labute approximate surface area is 144 Å². The number of hydrogen-bond donors (Lipinski definition) is 0. The monoisotopic (exact) mass is 343 g/mol. The van der Waals surface area contributed by atoms with Gasteiger partial charge < -0.3 is 14.2 Å². The number of para-hydroxylation sites is 2. The van der Waals surface area contributed by atoms with Crippen molar-refractivity contribution in [3.63, 3.8) is 0 Å². The lowest BCUT2D eigenvalue weighted by atomic mass is 10.2. The second kappa shape index (κ2) is 6.06. The largest absolute Gasteiger partial charge is 0.420 e. The first kappa shape index (κ1) is 15.9. The Morgan fingerprint density at radius 2 is 1.72 bits per heavy atom. The number of oxazole rings is 1. The SMILES string of the molecule is CC(C(=O)N1CCN(C(=O)C2CC2)CC1)n1c(=O)oc2ccccc21.